The average Bonchev–Trinajstić information content (AvgIpc) is 2.53. The third-order valence-corrected chi connectivity index (χ3v) is 3.04. The molecule has 3 rings (SSSR count). The second-order valence-corrected chi connectivity index (χ2v) is 4.30. The van der Waals surface area contributed by atoms with Crippen molar-refractivity contribution in [1.82, 2.24) is 9.97 Å². The Kier molecular flexibility index (Phi) is 3.22. The summed E-state index contributed by atoms with van der Waals surface area (Å²) in [5.41, 5.74) is 3.11. The molecule has 0 radical (unpaired) electrons. The maximum Gasteiger partial charge on any atom is 0.101 e. The SMILES string of the molecule is N#CC(=Cc1ccnc2ccccc12)c1ccccn1. The van der Waals surface area contributed by atoms with Gasteiger partial charge in [0.05, 0.1) is 16.8 Å². The van der Waals surface area contributed by atoms with E-state index in [0.717, 1.165) is 16.5 Å². The Morgan fingerprint density at radius 3 is 2.60 bits per heavy atom. The van der Waals surface area contributed by atoms with Gasteiger partial charge in [0.1, 0.15) is 6.07 Å². The van der Waals surface area contributed by atoms with Crippen LogP contribution in [0.5, 0.6) is 0 Å². The van der Waals surface area contributed by atoms with Gasteiger partial charge in [0.15, 0.2) is 0 Å². The maximum atomic E-state index is 9.34. The van der Waals surface area contributed by atoms with Gasteiger partial charge >= 0.3 is 0 Å². The fraction of sp³-hybridized carbons (Fsp3) is 0. The first-order valence-corrected chi connectivity index (χ1v) is 6.25. The Labute approximate surface area is 116 Å². The van der Waals surface area contributed by atoms with E-state index in [1.165, 1.54) is 0 Å². The Morgan fingerprint density at radius 2 is 1.80 bits per heavy atom. The van der Waals surface area contributed by atoms with E-state index in [4.69, 9.17) is 0 Å². The number of aromatic nitrogens is 2. The third kappa shape index (κ3) is 2.27. The first kappa shape index (κ1) is 12.1. The van der Waals surface area contributed by atoms with Crippen LogP contribution in [-0.2, 0) is 0 Å². The molecule has 0 N–H and O–H groups in total. The monoisotopic (exact) mass is 257 g/mol. The molecule has 0 unspecified atom stereocenters. The number of nitriles is 1. The number of pyridine rings is 2. The van der Waals surface area contributed by atoms with Gasteiger partial charge in [-0.05, 0) is 35.9 Å². The zero-order valence-corrected chi connectivity index (χ0v) is 10.7. The number of nitrogens with zero attached hydrogens (tertiary/aromatic N) is 3. The van der Waals surface area contributed by atoms with Crippen molar-refractivity contribution in [1.29, 1.82) is 5.26 Å². The van der Waals surface area contributed by atoms with Crippen LogP contribution in [0.4, 0.5) is 0 Å². The molecule has 3 heteroatoms. The van der Waals surface area contributed by atoms with Gasteiger partial charge in [-0.15, -0.1) is 0 Å². The number of rotatable bonds is 2. The molecule has 94 valence electrons. The molecule has 0 bridgehead atoms. The quantitative estimate of drug-likeness (QED) is 0.658. The van der Waals surface area contributed by atoms with Crippen LogP contribution >= 0.6 is 0 Å². The summed E-state index contributed by atoms with van der Waals surface area (Å²) in [7, 11) is 0. The molecule has 2 aromatic heterocycles. The van der Waals surface area contributed by atoms with Crippen molar-refractivity contribution in [3.05, 3.63) is 72.2 Å². The lowest BCUT2D eigenvalue weighted by Gasteiger charge is -2.02. The lowest BCUT2D eigenvalue weighted by atomic mass is 10.0. The number of para-hydroxylation sites is 1. The summed E-state index contributed by atoms with van der Waals surface area (Å²) in [6, 6.07) is 17.5. The van der Waals surface area contributed by atoms with Gasteiger partial charge in [0.2, 0.25) is 0 Å². The smallest absolute Gasteiger partial charge is 0.101 e. The molecule has 0 fully saturated rings. The minimum absolute atomic E-state index is 0.543. The minimum Gasteiger partial charge on any atom is -0.256 e. The van der Waals surface area contributed by atoms with Gasteiger partial charge in [-0.3, -0.25) is 9.97 Å². The van der Waals surface area contributed by atoms with E-state index in [1.807, 2.05) is 54.6 Å². The number of allylic oxidation sites excluding steroid dienone is 1. The average molecular weight is 257 g/mol. The van der Waals surface area contributed by atoms with Gasteiger partial charge < -0.3 is 0 Å². The highest BCUT2D eigenvalue weighted by atomic mass is 14.7. The van der Waals surface area contributed by atoms with Gasteiger partial charge in [-0.2, -0.15) is 5.26 Å². The van der Waals surface area contributed by atoms with E-state index in [0.29, 0.717) is 11.3 Å². The largest absolute Gasteiger partial charge is 0.256 e. The molecule has 0 aliphatic carbocycles. The van der Waals surface area contributed by atoms with Crippen LogP contribution in [0, 0.1) is 11.3 Å². The lowest BCUT2D eigenvalue weighted by molar-refractivity contribution is 1.28. The maximum absolute atomic E-state index is 9.34. The van der Waals surface area contributed by atoms with Crippen molar-refractivity contribution in [3.8, 4) is 6.07 Å². The standard InChI is InChI=1S/C17H11N3/c18-12-14(16-6-3-4-9-19-16)11-13-8-10-20-17-7-2-1-5-15(13)17/h1-11H. The summed E-state index contributed by atoms with van der Waals surface area (Å²) in [5, 5.41) is 10.4. The van der Waals surface area contributed by atoms with Gasteiger partial charge in [0.25, 0.3) is 0 Å². The summed E-state index contributed by atoms with van der Waals surface area (Å²) in [6.07, 6.45) is 5.29. The summed E-state index contributed by atoms with van der Waals surface area (Å²) >= 11 is 0. The zero-order chi connectivity index (χ0) is 13.8. The molecule has 3 nitrogen and oxygen atoms in total. The van der Waals surface area contributed by atoms with Crippen molar-refractivity contribution < 1.29 is 0 Å². The highest BCUT2D eigenvalue weighted by molar-refractivity contribution is 5.96. The van der Waals surface area contributed by atoms with E-state index in [-0.39, 0.29) is 0 Å². The molecule has 0 aliphatic heterocycles. The Hall–Kier alpha value is -2.99. The summed E-state index contributed by atoms with van der Waals surface area (Å²) < 4.78 is 0. The van der Waals surface area contributed by atoms with Crippen LogP contribution in [0.15, 0.2) is 60.9 Å². The normalized spacial score (nSPS) is 11.2. The number of hydrogen-bond acceptors (Lipinski definition) is 3. The molecule has 0 spiro atoms. The first-order valence-electron chi connectivity index (χ1n) is 6.25. The molecule has 0 atom stereocenters. The second-order valence-electron chi connectivity index (χ2n) is 4.30. The molecule has 20 heavy (non-hydrogen) atoms. The highest BCUT2D eigenvalue weighted by Crippen LogP contribution is 2.21. The van der Waals surface area contributed by atoms with Crippen molar-refractivity contribution in [2.24, 2.45) is 0 Å². The molecule has 2 heterocycles. The number of hydrogen-bond donors (Lipinski definition) is 0. The Morgan fingerprint density at radius 1 is 0.950 bits per heavy atom. The third-order valence-electron chi connectivity index (χ3n) is 3.04. The fourth-order valence-electron chi connectivity index (χ4n) is 2.08. The van der Waals surface area contributed by atoms with Crippen LogP contribution in [0.25, 0.3) is 22.6 Å². The van der Waals surface area contributed by atoms with Crippen LogP contribution in [0.3, 0.4) is 0 Å². The van der Waals surface area contributed by atoms with Crippen LogP contribution in [0.2, 0.25) is 0 Å². The predicted molar refractivity (Wildman–Crippen MR) is 79.5 cm³/mol. The zero-order valence-electron chi connectivity index (χ0n) is 10.7. The molecule has 0 amide bonds. The topological polar surface area (TPSA) is 49.6 Å². The van der Waals surface area contributed by atoms with Crippen LogP contribution in [0.1, 0.15) is 11.3 Å². The van der Waals surface area contributed by atoms with Gasteiger partial charge in [-0.25, -0.2) is 0 Å². The predicted octanol–water partition coefficient (Wildman–Crippen LogP) is 3.69. The first-order chi connectivity index (χ1) is 9.88. The molecule has 0 saturated heterocycles. The Balaban J connectivity index is 2.16. The highest BCUT2D eigenvalue weighted by Gasteiger charge is 2.04. The van der Waals surface area contributed by atoms with Crippen molar-refractivity contribution in [2.75, 3.05) is 0 Å². The molecular weight excluding hydrogens is 246 g/mol. The second kappa shape index (κ2) is 5.33. The van der Waals surface area contributed by atoms with Crippen LogP contribution in [-0.4, -0.2) is 9.97 Å². The van der Waals surface area contributed by atoms with E-state index < -0.39 is 0 Å². The molecular formula is C17H11N3. The molecule has 1 aromatic carbocycles. The summed E-state index contributed by atoms with van der Waals surface area (Å²) in [5.74, 6) is 0. The minimum atomic E-state index is 0.543. The summed E-state index contributed by atoms with van der Waals surface area (Å²) in [6.45, 7) is 0. The lowest BCUT2D eigenvalue weighted by Crippen LogP contribution is -1.87. The van der Waals surface area contributed by atoms with E-state index >= 15 is 0 Å². The molecule has 3 aromatic rings. The number of benzene rings is 1. The van der Waals surface area contributed by atoms with Crippen molar-refractivity contribution in [3.63, 3.8) is 0 Å². The summed E-state index contributed by atoms with van der Waals surface area (Å²) in [4.78, 5) is 8.54. The van der Waals surface area contributed by atoms with Crippen molar-refractivity contribution in [2.45, 2.75) is 0 Å². The van der Waals surface area contributed by atoms with E-state index in [9.17, 15) is 5.26 Å². The van der Waals surface area contributed by atoms with E-state index in [1.54, 1.807) is 12.4 Å². The number of fused-ring (bicyclic) bond motifs is 1. The van der Waals surface area contributed by atoms with Crippen LogP contribution < -0.4 is 0 Å². The molecule has 0 saturated carbocycles. The fourth-order valence-corrected chi connectivity index (χ4v) is 2.08. The Bertz CT molecular complexity index is 809. The van der Waals surface area contributed by atoms with Gasteiger partial charge in [-0.1, -0.05) is 24.3 Å². The van der Waals surface area contributed by atoms with Gasteiger partial charge in [0, 0.05) is 17.8 Å². The molecule has 0 aliphatic rings. The van der Waals surface area contributed by atoms with Crippen molar-refractivity contribution >= 4 is 22.6 Å². The van der Waals surface area contributed by atoms with E-state index in [2.05, 4.69) is 16.0 Å².